The smallest absolute Gasteiger partial charge is 0.304 e. The lowest BCUT2D eigenvalue weighted by Gasteiger charge is -2.12. The second kappa shape index (κ2) is 7.86. The van der Waals surface area contributed by atoms with Gasteiger partial charge < -0.3 is 20.9 Å². The van der Waals surface area contributed by atoms with E-state index in [9.17, 15) is 9.59 Å². The Labute approximate surface area is 151 Å². The monoisotopic (exact) mass is 355 g/mol. The molecule has 2 atom stereocenters. The highest BCUT2D eigenvalue weighted by molar-refractivity contribution is 5.85. The lowest BCUT2D eigenvalue weighted by Crippen LogP contribution is -2.31. The maximum Gasteiger partial charge on any atom is 0.304 e. The van der Waals surface area contributed by atoms with E-state index >= 15 is 0 Å². The molecule has 1 aliphatic heterocycles. The summed E-state index contributed by atoms with van der Waals surface area (Å²) in [5.74, 6) is -0.454. The predicted octanol–water partition coefficient (Wildman–Crippen LogP) is 1.61. The molecule has 7 heteroatoms. The number of ether oxygens (including phenoxy) is 1. The lowest BCUT2D eigenvalue weighted by molar-refractivity contribution is -0.140. The summed E-state index contributed by atoms with van der Waals surface area (Å²) in [6.45, 7) is 0.317. The molecule has 136 valence electrons. The SMILES string of the molecule is Nc1cccc(Cc2ccc(OC[C@@H]3C[C@@H](CC(=O)O)C(=O)N3)cc2)n1. The number of rotatable bonds is 7. The van der Waals surface area contributed by atoms with Gasteiger partial charge in [-0.1, -0.05) is 18.2 Å². The lowest BCUT2D eigenvalue weighted by atomic mass is 10.0. The Morgan fingerprint density at radius 3 is 2.73 bits per heavy atom. The van der Waals surface area contributed by atoms with E-state index in [1.807, 2.05) is 36.4 Å². The molecular weight excluding hydrogens is 334 g/mol. The molecule has 2 aromatic rings. The number of pyridine rings is 1. The van der Waals surface area contributed by atoms with E-state index in [0.29, 0.717) is 31.0 Å². The number of nitrogens with two attached hydrogens (primary N) is 1. The molecule has 1 fully saturated rings. The van der Waals surface area contributed by atoms with Gasteiger partial charge in [-0.25, -0.2) is 4.98 Å². The first-order chi connectivity index (χ1) is 12.5. The number of aliphatic carboxylic acids is 1. The number of benzene rings is 1. The predicted molar refractivity (Wildman–Crippen MR) is 95.7 cm³/mol. The van der Waals surface area contributed by atoms with Crippen molar-refractivity contribution in [3.63, 3.8) is 0 Å². The fraction of sp³-hybridized carbons (Fsp3) is 0.316. The number of nitrogens with zero attached hydrogens (tertiary/aromatic N) is 1. The number of carbonyl (C=O) groups is 2. The first kappa shape index (κ1) is 17.7. The van der Waals surface area contributed by atoms with Crippen molar-refractivity contribution in [2.45, 2.75) is 25.3 Å². The first-order valence-corrected chi connectivity index (χ1v) is 8.45. The number of nitrogens with one attached hydrogen (secondary N) is 1. The third kappa shape index (κ3) is 4.72. The van der Waals surface area contributed by atoms with E-state index in [1.54, 1.807) is 6.07 Å². The summed E-state index contributed by atoms with van der Waals surface area (Å²) < 4.78 is 5.72. The van der Waals surface area contributed by atoms with Gasteiger partial charge in [0.2, 0.25) is 5.91 Å². The molecule has 4 N–H and O–H groups in total. The van der Waals surface area contributed by atoms with Crippen LogP contribution < -0.4 is 15.8 Å². The van der Waals surface area contributed by atoms with E-state index in [2.05, 4.69) is 10.3 Å². The minimum atomic E-state index is -0.961. The molecule has 1 aromatic carbocycles. The zero-order valence-electron chi connectivity index (χ0n) is 14.2. The molecule has 26 heavy (non-hydrogen) atoms. The van der Waals surface area contributed by atoms with Crippen LogP contribution in [0.1, 0.15) is 24.1 Å². The molecular formula is C19H21N3O4. The summed E-state index contributed by atoms with van der Waals surface area (Å²) in [6.07, 6.45) is 1.01. The molecule has 0 radical (unpaired) electrons. The third-order valence-electron chi connectivity index (χ3n) is 4.30. The summed E-state index contributed by atoms with van der Waals surface area (Å²) in [4.78, 5) is 26.8. The van der Waals surface area contributed by atoms with Gasteiger partial charge in [0.15, 0.2) is 0 Å². The van der Waals surface area contributed by atoms with Crippen LogP contribution in [0.15, 0.2) is 42.5 Å². The fourth-order valence-corrected chi connectivity index (χ4v) is 3.03. The van der Waals surface area contributed by atoms with Crippen LogP contribution in [0.4, 0.5) is 5.82 Å². The van der Waals surface area contributed by atoms with Gasteiger partial charge in [0.1, 0.15) is 18.2 Å². The zero-order valence-corrected chi connectivity index (χ0v) is 14.2. The van der Waals surface area contributed by atoms with Crippen LogP contribution in [0.2, 0.25) is 0 Å². The number of hydrogen-bond donors (Lipinski definition) is 3. The Balaban J connectivity index is 1.50. The molecule has 3 rings (SSSR count). The summed E-state index contributed by atoms with van der Waals surface area (Å²) in [5.41, 5.74) is 7.68. The van der Waals surface area contributed by atoms with Gasteiger partial charge in [-0.2, -0.15) is 0 Å². The van der Waals surface area contributed by atoms with Crippen LogP contribution in [-0.2, 0) is 16.0 Å². The minimum Gasteiger partial charge on any atom is -0.491 e. The van der Waals surface area contributed by atoms with Crippen LogP contribution >= 0.6 is 0 Å². The highest BCUT2D eigenvalue weighted by atomic mass is 16.5. The first-order valence-electron chi connectivity index (χ1n) is 8.45. The molecule has 1 aliphatic rings. The molecule has 0 saturated carbocycles. The molecule has 2 heterocycles. The second-order valence-electron chi connectivity index (χ2n) is 6.42. The van der Waals surface area contributed by atoms with Gasteiger partial charge in [-0.05, 0) is 36.2 Å². The number of carboxylic acids is 1. The van der Waals surface area contributed by atoms with Crippen LogP contribution in [0.3, 0.4) is 0 Å². The van der Waals surface area contributed by atoms with Crippen LogP contribution in [0, 0.1) is 5.92 Å². The standard InChI is InChI=1S/C19H21N3O4/c20-17-3-1-2-14(21-17)8-12-4-6-16(7-5-12)26-11-15-9-13(10-18(23)24)19(25)22-15/h1-7,13,15H,8-11H2,(H2,20,21)(H,22,25)(H,23,24)/t13-,15-/m0/s1. The van der Waals surface area contributed by atoms with Crippen molar-refractivity contribution in [1.82, 2.24) is 10.3 Å². The van der Waals surface area contributed by atoms with Gasteiger partial charge in [0, 0.05) is 12.1 Å². The van der Waals surface area contributed by atoms with Crippen molar-refractivity contribution >= 4 is 17.7 Å². The molecule has 7 nitrogen and oxygen atoms in total. The summed E-state index contributed by atoms with van der Waals surface area (Å²) in [6, 6.07) is 13.0. The Morgan fingerprint density at radius 2 is 2.04 bits per heavy atom. The van der Waals surface area contributed by atoms with Gasteiger partial charge in [0.05, 0.1) is 18.4 Å². The van der Waals surface area contributed by atoms with Crippen molar-refractivity contribution < 1.29 is 19.4 Å². The molecule has 0 unspecified atom stereocenters. The minimum absolute atomic E-state index is 0.144. The van der Waals surface area contributed by atoms with Crippen molar-refractivity contribution in [1.29, 1.82) is 0 Å². The van der Waals surface area contributed by atoms with Gasteiger partial charge >= 0.3 is 5.97 Å². The van der Waals surface area contributed by atoms with Crippen LogP contribution in [0.25, 0.3) is 0 Å². The Kier molecular flexibility index (Phi) is 5.36. The van der Waals surface area contributed by atoms with Crippen LogP contribution in [-0.4, -0.2) is 34.6 Å². The fourth-order valence-electron chi connectivity index (χ4n) is 3.03. The van der Waals surface area contributed by atoms with Crippen molar-refractivity contribution in [3.05, 3.63) is 53.7 Å². The van der Waals surface area contributed by atoms with E-state index in [0.717, 1.165) is 11.3 Å². The quantitative estimate of drug-likeness (QED) is 0.695. The molecule has 0 spiro atoms. The van der Waals surface area contributed by atoms with Crippen molar-refractivity contribution in [3.8, 4) is 5.75 Å². The summed E-state index contributed by atoms with van der Waals surface area (Å²) in [5, 5.41) is 11.6. The van der Waals surface area contributed by atoms with E-state index < -0.39 is 11.9 Å². The Morgan fingerprint density at radius 1 is 1.27 bits per heavy atom. The highest BCUT2D eigenvalue weighted by Crippen LogP contribution is 2.21. The van der Waals surface area contributed by atoms with Crippen LogP contribution in [0.5, 0.6) is 5.75 Å². The zero-order chi connectivity index (χ0) is 18.5. The topological polar surface area (TPSA) is 115 Å². The van der Waals surface area contributed by atoms with E-state index in [4.69, 9.17) is 15.6 Å². The molecule has 1 saturated heterocycles. The van der Waals surface area contributed by atoms with Gasteiger partial charge in [0.25, 0.3) is 0 Å². The number of aromatic nitrogens is 1. The number of carbonyl (C=O) groups excluding carboxylic acids is 1. The molecule has 0 bridgehead atoms. The highest BCUT2D eigenvalue weighted by Gasteiger charge is 2.33. The number of hydrogen-bond acceptors (Lipinski definition) is 5. The van der Waals surface area contributed by atoms with Gasteiger partial charge in [-0.3, -0.25) is 9.59 Å². The summed E-state index contributed by atoms with van der Waals surface area (Å²) >= 11 is 0. The average Bonchev–Trinajstić information content (AvgIpc) is 2.93. The average molecular weight is 355 g/mol. The number of amides is 1. The molecule has 0 aliphatic carbocycles. The molecule has 1 aromatic heterocycles. The maximum atomic E-state index is 11.7. The van der Waals surface area contributed by atoms with Crippen molar-refractivity contribution in [2.75, 3.05) is 12.3 Å². The molecule has 1 amide bonds. The summed E-state index contributed by atoms with van der Waals surface area (Å²) in [7, 11) is 0. The number of carboxylic acid groups (broad SMARTS) is 1. The number of nitrogen functional groups attached to an aromatic ring is 1. The van der Waals surface area contributed by atoms with E-state index in [-0.39, 0.29) is 18.4 Å². The normalized spacial score (nSPS) is 19.2. The maximum absolute atomic E-state index is 11.7. The Hall–Kier alpha value is -3.09. The van der Waals surface area contributed by atoms with Gasteiger partial charge in [-0.15, -0.1) is 0 Å². The Bertz CT molecular complexity index is 792. The van der Waals surface area contributed by atoms with E-state index in [1.165, 1.54) is 0 Å². The van der Waals surface area contributed by atoms with Crippen molar-refractivity contribution in [2.24, 2.45) is 5.92 Å². The third-order valence-corrected chi connectivity index (χ3v) is 4.30. The largest absolute Gasteiger partial charge is 0.491 e. The number of anilines is 1. The second-order valence-corrected chi connectivity index (χ2v) is 6.42.